The summed E-state index contributed by atoms with van der Waals surface area (Å²) >= 11 is 0. The topological polar surface area (TPSA) is 43.8 Å². The molecule has 1 saturated heterocycles. The molecule has 1 fully saturated rings. The number of nitrogens with zero attached hydrogens (tertiary/aromatic N) is 2. The molecule has 2 aliphatic heterocycles. The van der Waals surface area contributed by atoms with Gasteiger partial charge in [-0.15, -0.1) is 0 Å². The van der Waals surface area contributed by atoms with Gasteiger partial charge in [0.2, 0.25) is 0 Å². The maximum absolute atomic E-state index is 10.9. The van der Waals surface area contributed by atoms with E-state index in [9.17, 15) is 4.79 Å². The van der Waals surface area contributed by atoms with Gasteiger partial charge in [-0.2, -0.15) is 0 Å². The highest BCUT2D eigenvalue weighted by atomic mass is 16.4. The predicted octanol–water partition coefficient (Wildman–Crippen LogP) is 1.80. The van der Waals surface area contributed by atoms with Crippen molar-refractivity contribution < 1.29 is 9.90 Å². The third-order valence-electron chi connectivity index (χ3n) is 3.80. The standard InChI is InChI=1S/C13H16N2O2/c16-13(17)14-7-6-11(9-14)15-8-5-10-3-1-2-4-12(10)15/h1-4,11H,5-9H2,(H,16,17). The van der Waals surface area contributed by atoms with E-state index in [4.69, 9.17) is 5.11 Å². The molecule has 1 aromatic rings. The molecule has 1 unspecified atom stereocenters. The predicted molar refractivity (Wildman–Crippen MR) is 65.5 cm³/mol. The Morgan fingerprint density at radius 2 is 2.12 bits per heavy atom. The average molecular weight is 232 g/mol. The Morgan fingerprint density at radius 1 is 1.29 bits per heavy atom. The molecule has 4 nitrogen and oxygen atoms in total. The highest BCUT2D eigenvalue weighted by Crippen LogP contribution is 2.31. The molecule has 1 atom stereocenters. The van der Waals surface area contributed by atoms with Crippen LogP contribution in [0.2, 0.25) is 0 Å². The van der Waals surface area contributed by atoms with Crippen molar-refractivity contribution in [2.45, 2.75) is 18.9 Å². The Morgan fingerprint density at radius 3 is 2.88 bits per heavy atom. The number of carbonyl (C=O) groups is 1. The first-order chi connectivity index (χ1) is 8.25. The maximum atomic E-state index is 10.9. The number of hydrogen-bond acceptors (Lipinski definition) is 2. The summed E-state index contributed by atoms with van der Waals surface area (Å²) in [5, 5.41) is 8.98. The van der Waals surface area contributed by atoms with Crippen LogP contribution in [0.15, 0.2) is 24.3 Å². The number of likely N-dealkylation sites (tertiary alicyclic amines) is 1. The summed E-state index contributed by atoms with van der Waals surface area (Å²) in [6, 6.07) is 8.79. The molecule has 90 valence electrons. The average Bonchev–Trinajstić information content (AvgIpc) is 2.95. The van der Waals surface area contributed by atoms with Crippen LogP contribution in [0.25, 0.3) is 0 Å². The Bertz CT molecular complexity index is 447. The lowest BCUT2D eigenvalue weighted by atomic mass is 10.1. The van der Waals surface area contributed by atoms with E-state index >= 15 is 0 Å². The number of benzene rings is 1. The van der Waals surface area contributed by atoms with Crippen LogP contribution in [0.5, 0.6) is 0 Å². The lowest BCUT2D eigenvalue weighted by Gasteiger charge is -2.26. The summed E-state index contributed by atoms with van der Waals surface area (Å²) in [6.07, 6.45) is 1.24. The first-order valence-electron chi connectivity index (χ1n) is 6.08. The third-order valence-corrected chi connectivity index (χ3v) is 3.80. The number of anilines is 1. The number of para-hydroxylation sites is 1. The molecule has 17 heavy (non-hydrogen) atoms. The van der Waals surface area contributed by atoms with E-state index < -0.39 is 6.09 Å². The summed E-state index contributed by atoms with van der Waals surface area (Å²) in [5.41, 5.74) is 2.69. The molecule has 0 aliphatic carbocycles. The summed E-state index contributed by atoms with van der Waals surface area (Å²) in [6.45, 7) is 2.33. The van der Waals surface area contributed by atoms with E-state index in [1.54, 1.807) is 0 Å². The summed E-state index contributed by atoms with van der Waals surface area (Å²) in [4.78, 5) is 14.8. The van der Waals surface area contributed by atoms with E-state index in [1.807, 2.05) is 0 Å². The van der Waals surface area contributed by atoms with Gasteiger partial charge in [0.25, 0.3) is 0 Å². The molecule has 1 amide bonds. The molecule has 1 aromatic carbocycles. The Kier molecular flexibility index (Phi) is 2.42. The molecule has 0 aromatic heterocycles. The molecule has 0 bridgehead atoms. The molecule has 0 radical (unpaired) electrons. The highest BCUT2D eigenvalue weighted by molar-refractivity contribution is 5.66. The van der Waals surface area contributed by atoms with Crippen molar-refractivity contribution in [3.05, 3.63) is 29.8 Å². The number of rotatable bonds is 1. The summed E-state index contributed by atoms with van der Waals surface area (Å²) in [7, 11) is 0. The number of hydrogen-bond donors (Lipinski definition) is 1. The van der Waals surface area contributed by atoms with E-state index in [0.29, 0.717) is 19.1 Å². The van der Waals surface area contributed by atoms with Gasteiger partial charge >= 0.3 is 6.09 Å². The molecule has 0 spiro atoms. The molecule has 4 heteroatoms. The third kappa shape index (κ3) is 1.73. The molecule has 2 aliphatic rings. The van der Waals surface area contributed by atoms with Crippen LogP contribution < -0.4 is 4.90 Å². The molecule has 3 rings (SSSR count). The quantitative estimate of drug-likeness (QED) is 0.803. The minimum absolute atomic E-state index is 0.356. The first-order valence-corrected chi connectivity index (χ1v) is 6.08. The summed E-state index contributed by atoms with van der Waals surface area (Å²) in [5.74, 6) is 0. The first kappa shape index (κ1) is 10.4. The largest absolute Gasteiger partial charge is 0.465 e. The number of fused-ring (bicyclic) bond motifs is 1. The second-order valence-corrected chi connectivity index (χ2v) is 4.74. The van der Waals surface area contributed by atoms with Gasteiger partial charge in [-0.05, 0) is 24.5 Å². The van der Waals surface area contributed by atoms with E-state index in [0.717, 1.165) is 19.4 Å². The number of carboxylic acid groups (broad SMARTS) is 1. The van der Waals surface area contributed by atoms with Crippen LogP contribution >= 0.6 is 0 Å². The highest BCUT2D eigenvalue weighted by Gasteiger charge is 2.33. The Balaban J connectivity index is 1.78. The van der Waals surface area contributed by atoms with E-state index in [-0.39, 0.29) is 0 Å². The van der Waals surface area contributed by atoms with Crippen molar-refractivity contribution in [3.8, 4) is 0 Å². The van der Waals surface area contributed by atoms with Crippen LogP contribution in [0.3, 0.4) is 0 Å². The zero-order valence-electron chi connectivity index (χ0n) is 9.67. The summed E-state index contributed by atoms with van der Waals surface area (Å²) < 4.78 is 0. The molecule has 1 N–H and O–H groups in total. The second-order valence-electron chi connectivity index (χ2n) is 4.74. The van der Waals surface area contributed by atoms with Crippen molar-refractivity contribution in [2.24, 2.45) is 0 Å². The van der Waals surface area contributed by atoms with Gasteiger partial charge in [-0.3, -0.25) is 0 Å². The normalized spacial score (nSPS) is 22.9. The van der Waals surface area contributed by atoms with E-state index in [1.165, 1.54) is 16.2 Å². The Labute approximate surface area is 100 Å². The minimum atomic E-state index is -0.792. The van der Waals surface area contributed by atoms with Gasteiger partial charge in [0, 0.05) is 31.4 Å². The van der Waals surface area contributed by atoms with Crippen LogP contribution in [0.4, 0.5) is 10.5 Å². The van der Waals surface area contributed by atoms with Gasteiger partial charge in [0.05, 0.1) is 0 Å². The van der Waals surface area contributed by atoms with E-state index in [2.05, 4.69) is 29.2 Å². The van der Waals surface area contributed by atoms with Crippen LogP contribution in [0.1, 0.15) is 12.0 Å². The van der Waals surface area contributed by atoms with Crippen LogP contribution in [-0.4, -0.2) is 41.8 Å². The van der Waals surface area contributed by atoms with Gasteiger partial charge in [-0.1, -0.05) is 18.2 Å². The fourth-order valence-electron chi connectivity index (χ4n) is 2.91. The van der Waals surface area contributed by atoms with Crippen molar-refractivity contribution in [1.29, 1.82) is 0 Å². The zero-order valence-corrected chi connectivity index (χ0v) is 9.67. The fraction of sp³-hybridized carbons (Fsp3) is 0.462. The monoisotopic (exact) mass is 232 g/mol. The smallest absolute Gasteiger partial charge is 0.407 e. The Hall–Kier alpha value is -1.71. The van der Waals surface area contributed by atoms with Crippen molar-refractivity contribution in [3.63, 3.8) is 0 Å². The zero-order chi connectivity index (χ0) is 11.8. The molecule has 2 heterocycles. The second kappa shape index (κ2) is 3.95. The van der Waals surface area contributed by atoms with Gasteiger partial charge in [0.15, 0.2) is 0 Å². The lowest BCUT2D eigenvalue weighted by molar-refractivity contribution is 0.155. The van der Waals surface area contributed by atoms with Crippen molar-refractivity contribution in [2.75, 3.05) is 24.5 Å². The maximum Gasteiger partial charge on any atom is 0.407 e. The van der Waals surface area contributed by atoms with Crippen molar-refractivity contribution in [1.82, 2.24) is 4.90 Å². The molecular formula is C13H16N2O2. The van der Waals surface area contributed by atoms with Crippen LogP contribution in [0, 0.1) is 0 Å². The fourth-order valence-corrected chi connectivity index (χ4v) is 2.91. The van der Waals surface area contributed by atoms with Crippen LogP contribution in [-0.2, 0) is 6.42 Å². The van der Waals surface area contributed by atoms with Gasteiger partial charge in [0.1, 0.15) is 0 Å². The lowest BCUT2D eigenvalue weighted by Crippen LogP contribution is -2.37. The SMILES string of the molecule is O=C(O)N1CCC(N2CCc3ccccc32)C1. The number of amides is 1. The van der Waals surface area contributed by atoms with Gasteiger partial charge in [-0.25, -0.2) is 4.79 Å². The minimum Gasteiger partial charge on any atom is -0.465 e. The molecular weight excluding hydrogens is 216 g/mol. The molecule has 0 saturated carbocycles. The van der Waals surface area contributed by atoms with Gasteiger partial charge < -0.3 is 14.9 Å². The van der Waals surface area contributed by atoms with Crippen molar-refractivity contribution >= 4 is 11.8 Å².